The van der Waals surface area contributed by atoms with Gasteiger partial charge in [-0.15, -0.1) is 0 Å². The average Bonchev–Trinajstić information content (AvgIpc) is 2.91. The molecule has 2 aliphatic rings. The molecule has 0 amide bonds. The van der Waals surface area contributed by atoms with Gasteiger partial charge in [0, 0.05) is 45.8 Å². The highest BCUT2D eigenvalue weighted by molar-refractivity contribution is 7.89. The third kappa shape index (κ3) is 3.88. The molecule has 1 unspecified atom stereocenters. The second-order valence-corrected chi connectivity index (χ2v) is 7.92. The third-order valence-corrected chi connectivity index (χ3v) is 6.32. The Kier molecular flexibility index (Phi) is 5.19. The van der Waals surface area contributed by atoms with Gasteiger partial charge < -0.3 is 10.2 Å². The Morgan fingerprint density at radius 1 is 1.21 bits per heavy atom. The van der Waals surface area contributed by atoms with E-state index in [1.54, 1.807) is 4.31 Å². The molecule has 0 bridgehead atoms. The van der Waals surface area contributed by atoms with Gasteiger partial charge in [0.1, 0.15) is 0 Å². The molecule has 0 aromatic rings. The molecule has 1 N–H and O–H groups in total. The average molecular weight is 290 g/mol. The molecule has 2 saturated heterocycles. The summed E-state index contributed by atoms with van der Waals surface area (Å²) in [5.74, 6) is 0. The van der Waals surface area contributed by atoms with Crippen molar-refractivity contribution in [3.05, 3.63) is 0 Å². The Morgan fingerprint density at radius 2 is 1.89 bits per heavy atom. The van der Waals surface area contributed by atoms with Crippen LogP contribution in [-0.2, 0) is 10.0 Å². The lowest BCUT2D eigenvalue weighted by molar-refractivity contribution is 0.174. The lowest BCUT2D eigenvalue weighted by Gasteiger charge is -2.35. The van der Waals surface area contributed by atoms with E-state index in [4.69, 9.17) is 0 Å². The lowest BCUT2D eigenvalue weighted by atomic mass is 10.3. The maximum absolute atomic E-state index is 12.4. The highest BCUT2D eigenvalue weighted by Gasteiger charge is 2.35. The summed E-state index contributed by atoms with van der Waals surface area (Å²) < 4.78 is 26.5. The van der Waals surface area contributed by atoms with Crippen molar-refractivity contribution in [2.45, 2.75) is 11.7 Å². The zero-order chi connectivity index (χ0) is 13.9. The summed E-state index contributed by atoms with van der Waals surface area (Å²) in [4.78, 5) is 4.51. The van der Waals surface area contributed by atoms with Gasteiger partial charge in [-0.05, 0) is 27.1 Å². The summed E-state index contributed by atoms with van der Waals surface area (Å²) in [7, 11) is 1.04. The quantitative estimate of drug-likeness (QED) is 0.693. The summed E-state index contributed by atoms with van der Waals surface area (Å²) in [5.41, 5.74) is 0. The lowest BCUT2D eigenvalue weighted by Crippen LogP contribution is -2.52. The van der Waals surface area contributed by atoms with Gasteiger partial charge in [-0.1, -0.05) is 0 Å². The molecular weight excluding hydrogens is 264 g/mol. The van der Waals surface area contributed by atoms with E-state index in [0.717, 1.165) is 39.1 Å². The van der Waals surface area contributed by atoms with Crippen LogP contribution in [0.4, 0.5) is 0 Å². The highest BCUT2D eigenvalue weighted by atomic mass is 32.2. The van der Waals surface area contributed by atoms with Crippen molar-refractivity contribution in [3.8, 4) is 0 Å². The minimum absolute atomic E-state index is 0.208. The fourth-order valence-corrected chi connectivity index (χ4v) is 4.48. The van der Waals surface area contributed by atoms with Gasteiger partial charge in [0.25, 0.3) is 0 Å². The smallest absolute Gasteiger partial charge is 0.218 e. The van der Waals surface area contributed by atoms with Crippen LogP contribution in [0.25, 0.3) is 0 Å². The molecule has 112 valence electrons. The molecule has 0 aliphatic carbocycles. The second kappa shape index (κ2) is 6.49. The minimum Gasteiger partial charge on any atom is -0.315 e. The van der Waals surface area contributed by atoms with E-state index < -0.39 is 10.0 Å². The van der Waals surface area contributed by atoms with Gasteiger partial charge >= 0.3 is 0 Å². The van der Waals surface area contributed by atoms with E-state index in [1.807, 2.05) is 0 Å². The van der Waals surface area contributed by atoms with Crippen molar-refractivity contribution < 1.29 is 8.42 Å². The summed E-state index contributed by atoms with van der Waals surface area (Å²) >= 11 is 0. The van der Waals surface area contributed by atoms with Gasteiger partial charge in [-0.25, -0.2) is 8.42 Å². The fraction of sp³-hybridized carbons (Fsp3) is 1.00. The molecule has 19 heavy (non-hydrogen) atoms. The molecule has 2 fully saturated rings. The predicted molar refractivity (Wildman–Crippen MR) is 76.8 cm³/mol. The zero-order valence-electron chi connectivity index (χ0n) is 12.0. The molecule has 0 saturated carbocycles. The van der Waals surface area contributed by atoms with Gasteiger partial charge in [0.2, 0.25) is 10.0 Å². The number of nitrogens with one attached hydrogen (secondary N) is 1. The Balaban J connectivity index is 1.82. The van der Waals surface area contributed by atoms with Crippen LogP contribution in [0, 0.1) is 0 Å². The van der Waals surface area contributed by atoms with E-state index in [-0.39, 0.29) is 5.25 Å². The number of nitrogens with zero attached hydrogens (tertiary/aromatic N) is 3. The van der Waals surface area contributed by atoms with E-state index in [2.05, 4.69) is 29.2 Å². The Bertz CT molecular complexity index is 371. The fourth-order valence-electron chi connectivity index (χ4n) is 2.64. The molecule has 2 rings (SSSR count). The van der Waals surface area contributed by atoms with Crippen LogP contribution < -0.4 is 5.32 Å². The predicted octanol–water partition coefficient (Wildman–Crippen LogP) is -1.14. The highest BCUT2D eigenvalue weighted by Crippen LogP contribution is 2.17. The van der Waals surface area contributed by atoms with Crippen molar-refractivity contribution in [1.82, 2.24) is 19.4 Å². The molecule has 2 aliphatic heterocycles. The van der Waals surface area contributed by atoms with Gasteiger partial charge in [-0.2, -0.15) is 4.31 Å². The van der Waals surface area contributed by atoms with Crippen molar-refractivity contribution in [1.29, 1.82) is 0 Å². The maximum Gasteiger partial charge on any atom is 0.218 e. The van der Waals surface area contributed by atoms with E-state index in [1.165, 1.54) is 0 Å². The normalized spacial score (nSPS) is 27.2. The summed E-state index contributed by atoms with van der Waals surface area (Å²) in [6.45, 7) is 6.49. The van der Waals surface area contributed by atoms with Crippen LogP contribution in [0.5, 0.6) is 0 Å². The van der Waals surface area contributed by atoms with Gasteiger partial charge in [0.05, 0.1) is 5.25 Å². The monoisotopic (exact) mass is 290 g/mol. The van der Waals surface area contributed by atoms with Crippen LogP contribution in [0.3, 0.4) is 0 Å². The molecular formula is C12H26N4O2S. The Morgan fingerprint density at radius 3 is 2.42 bits per heavy atom. The van der Waals surface area contributed by atoms with Crippen LogP contribution in [-0.4, -0.2) is 94.2 Å². The first-order valence-electron chi connectivity index (χ1n) is 7.07. The Labute approximate surface area is 116 Å². The summed E-state index contributed by atoms with van der Waals surface area (Å²) in [6, 6.07) is 0. The largest absolute Gasteiger partial charge is 0.315 e. The van der Waals surface area contributed by atoms with E-state index >= 15 is 0 Å². The number of likely N-dealkylation sites (N-methyl/N-ethyl adjacent to an activating group) is 1. The van der Waals surface area contributed by atoms with Crippen LogP contribution in [0.15, 0.2) is 0 Å². The number of sulfonamides is 1. The van der Waals surface area contributed by atoms with Crippen LogP contribution in [0.2, 0.25) is 0 Å². The first-order chi connectivity index (χ1) is 9.00. The van der Waals surface area contributed by atoms with E-state index in [0.29, 0.717) is 19.6 Å². The molecule has 2 heterocycles. The first-order valence-corrected chi connectivity index (χ1v) is 8.57. The standard InChI is InChI=1S/C12H26N4O2S/c1-14(2)5-6-15-7-9-16(10-8-15)19(17,18)12-3-4-13-11-12/h12-13H,3-11H2,1-2H3. The third-order valence-electron chi connectivity index (χ3n) is 3.99. The van der Waals surface area contributed by atoms with Crippen LogP contribution in [0.1, 0.15) is 6.42 Å². The first kappa shape index (κ1) is 15.2. The summed E-state index contributed by atoms with van der Waals surface area (Å²) in [5, 5.41) is 2.93. The van der Waals surface area contributed by atoms with Crippen molar-refractivity contribution in [2.24, 2.45) is 0 Å². The molecule has 0 aromatic carbocycles. The second-order valence-electron chi connectivity index (χ2n) is 5.70. The van der Waals surface area contributed by atoms with Crippen LogP contribution >= 0.6 is 0 Å². The van der Waals surface area contributed by atoms with E-state index in [9.17, 15) is 8.42 Å². The number of piperazine rings is 1. The van der Waals surface area contributed by atoms with Gasteiger partial charge in [-0.3, -0.25) is 4.90 Å². The SMILES string of the molecule is CN(C)CCN1CCN(S(=O)(=O)C2CCNC2)CC1. The topological polar surface area (TPSA) is 55.9 Å². The molecule has 0 aromatic heterocycles. The molecule has 0 radical (unpaired) electrons. The van der Waals surface area contributed by atoms with Crippen molar-refractivity contribution >= 4 is 10.0 Å². The number of hydrogen-bond donors (Lipinski definition) is 1. The van der Waals surface area contributed by atoms with Gasteiger partial charge in [0.15, 0.2) is 0 Å². The Hall–Kier alpha value is -0.210. The molecule has 0 spiro atoms. The molecule has 6 nitrogen and oxygen atoms in total. The molecule has 1 atom stereocenters. The zero-order valence-corrected chi connectivity index (χ0v) is 12.8. The van der Waals surface area contributed by atoms with Crippen molar-refractivity contribution in [2.75, 3.05) is 66.5 Å². The molecule has 7 heteroatoms. The van der Waals surface area contributed by atoms with Crippen molar-refractivity contribution in [3.63, 3.8) is 0 Å². The number of rotatable bonds is 5. The number of hydrogen-bond acceptors (Lipinski definition) is 5. The summed E-state index contributed by atoms with van der Waals surface area (Å²) in [6.07, 6.45) is 0.753. The maximum atomic E-state index is 12.4. The minimum atomic E-state index is -3.08.